The van der Waals surface area contributed by atoms with Crippen LogP contribution in [-0.2, 0) is 10.0 Å². The first-order valence-corrected chi connectivity index (χ1v) is 13.2. The molecular weight excluding hydrogens is 519 g/mol. The summed E-state index contributed by atoms with van der Waals surface area (Å²) in [4.78, 5) is 24.3. The van der Waals surface area contributed by atoms with E-state index < -0.39 is 21.8 Å². The Bertz CT molecular complexity index is 2010. The van der Waals surface area contributed by atoms with Crippen molar-refractivity contribution in [2.24, 2.45) is 0 Å². The minimum Gasteiger partial charge on any atom is -0.478 e. The number of aromatic carboxylic acids is 1. The Balaban J connectivity index is 1.73. The smallest absolute Gasteiger partial charge is 0.335 e. The van der Waals surface area contributed by atoms with E-state index in [4.69, 9.17) is 0 Å². The van der Waals surface area contributed by atoms with E-state index in [1.54, 1.807) is 36.7 Å². The largest absolute Gasteiger partial charge is 0.478 e. The molecule has 0 radical (unpaired) electrons. The number of benzene rings is 2. The fraction of sp³-hybridized carbons (Fsp3) is 0.0345. The minimum absolute atomic E-state index is 0.0226. The van der Waals surface area contributed by atoms with Gasteiger partial charge >= 0.3 is 5.97 Å². The first-order chi connectivity index (χ1) is 18.8. The predicted molar refractivity (Wildman–Crippen MR) is 144 cm³/mol. The highest BCUT2D eigenvalue weighted by molar-refractivity contribution is 7.90. The lowest BCUT2D eigenvalue weighted by atomic mass is 9.99. The molecule has 0 unspecified atom stereocenters. The molecule has 10 heteroatoms. The van der Waals surface area contributed by atoms with Crippen LogP contribution in [0, 0.1) is 12.7 Å². The van der Waals surface area contributed by atoms with E-state index in [2.05, 4.69) is 15.0 Å². The molecule has 4 heterocycles. The lowest BCUT2D eigenvalue weighted by molar-refractivity contribution is 0.0697. The highest BCUT2D eigenvalue weighted by Crippen LogP contribution is 2.40. The highest BCUT2D eigenvalue weighted by Gasteiger charge is 2.28. The fourth-order valence-electron chi connectivity index (χ4n) is 4.60. The molecule has 0 spiro atoms. The molecule has 39 heavy (non-hydrogen) atoms. The van der Waals surface area contributed by atoms with Crippen LogP contribution in [0.4, 0.5) is 4.39 Å². The summed E-state index contributed by atoms with van der Waals surface area (Å²) < 4.78 is 44.5. The van der Waals surface area contributed by atoms with Crippen LogP contribution in [0.3, 0.4) is 0 Å². The van der Waals surface area contributed by atoms with Gasteiger partial charge in [-0.15, -0.1) is 0 Å². The molecule has 0 aliphatic heterocycles. The van der Waals surface area contributed by atoms with Crippen LogP contribution in [0.1, 0.15) is 15.9 Å². The van der Waals surface area contributed by atoms with Crippen LogP contribution in [0.15, 0.2) is 96.4 Å². The molecule has 0 aliphatic rings. The second-order valence-corrected chi connectivity index (χ2v) is 10.8. The number of fused-ring (bicyclic) bond motifs is 3. The molecule has 2 aromatic carbocycles. The lowest BCUT2D eigenvalue weighted by Gasteiger charge is -2.10. The van der Waals surface area contributed by atoms with Gasteiger partial charge in [-0.2, -0.15) is 0 Å². The quantitative estimate of drug-likeness (QED) is 0.300. The van der Waals surface area contributed by atoms with E-state index in [0.717, 1.165) is 15.7 Å². The number of carbonyl (C=O) groups is 1. The van der Waals surface area contributed by atoms with E-state index >= 15 is 4.39 Å². The van der Waals surface area contributed by atoms with Gasteiger partial charge in [0.2, 0.25) is 0 Å². The molecule has 0 amide bonds. The molecule has 0 saturated heterocycles. The van der Waals surface area contributed by atoms with Crippen LogP contribution in [0.5, 0.6) is 0 Å². The zero-order chi connectivity index (χ0) is 27.3. The van der Waals surface area contributed by atoms with Gasteiger partial charge in [0.1, 0.15) is 5.82 Å². The Morgan fingerprint density at radius 3 is 2.33 bits per heavy atom. The molecule has 8 nitrogen and oxygen atoms in total. The molecule has 6 rings (SSSR count). The first-order valence-electron chi connectivity index (χ1n) is 11.8. The minimum atomic E-state index is -4.17. The SMILES string of the molecule is Cc1ccc(S(=O)(=O)n2c3cnc(-c4cccnc4)cc3c3c(-c4ccc(C(=O)O)cc4)c(F)cnc32)cc1. The third-order valence-electron chi connectivity index (χ3n) is 6.51. The van der Waals surface area contributed by atoms with Gasteiger partial charge in [0, 0.05) is 34.3 Å². The van der Waals surface area contributed by atoms with Gasteiger partial charge in [-0.1, -0.05) is 29.8 Å². The Morgan fingerprint density at radius 1 is 0.923 bits per heavy atom. The maximum absolute atomic E-state index is 15.5. The molecule has 0 aliphatic carbocycles. The van der Waals surface area contributed by atoms with Gasteiger partial charge in [-0.3, -0.25) is 9.97 Å². The number of halogens is 1. The van der Waals surface area contributed by atoms with Crippen molar-refractivity contribution in [3.8, 4) is 22.4 Å². The normalized spacial score (nSPS) is 11.7. The molecule has 0 fully saturated rings. The maximum atomic E-state index is 15.5. The summed E-state index contributed by atoms with van der Waals surface area (Å²) in [6, 6.07) is 17.4. The average molecular weight is 539 g/mol. The zero-order valence-corrected chi connectivity index (χ0v) is 21.2. The van der Waals surface area contributed by atoms with Crippen molar-refractivity contribution >= 4 is 37.9 Å². The van der Waals surface area contributed by atoms with Crippen LogP contribution in [0.25, 0.3) is 44.3 Å². The summed E-state index contributed by atoms with van der Waals surface area (Å²) >= 11 is 0. The van der Waals surface area contributed by atoms with Crippen molar-refractivity contribution in [3.05, 3.63) is 108 Å². The van der Waals surface area contributed by atoms with Crippen molar-refractivity contribution < 1.29 is 22.7 Å². The number of nitrogens with zero attached hydrogens (tertiary/aromatic N) is 4. The third-order valence-corrected chi connectivity index (χ3v) is 8.23. The molecular formula is C29H19FN4O4S. The monoisotopic (exact) mass is 538 g/mol. The van der Waals surface area contributed by atoms with E-state index in [1.165, 1.54) is 42.6 Å². The number of carboxylic acid groups (broad SMARTS) is 1. The highest BCUT2D eigenvalue weighted by atomic mass is 32.2. The third kappa shape index (κ3) is 4.02. The van der Waals surface area contributed by atoms with Crippen molar-refractivity contribution in [1.82, 2.24) is 18.9 Å². The van der Waals surface area contributed by atoms with Gasteiger partial charge in [0.15, 0.2) is 5.65 Å². The predicted octanol–water partition coefficient (Wildman–Crippen LogP) is 5.70. The number of aryl methyl sites for hydroxylation is 1. The van der Waals surface area contributed by atoms with Crippen LogP contribution < -0.4 is 0 Å². The van der Waals surface area contributed by atoms with E-state index in [1.807, 2.05) is 13.0 Å². The summed E-state index contributed by atoms with van der Waals surface area (Å²) in [5.74, 6) is -1.80. The number of carboxylic acids is 1. The van der Waals surface area contributed by atoms with Gasteiger partial charge in [0.05, 0.1) is 34.1 Å². The summed E-state index contributed by atoms with van der Waals surface area (Å²) in [6.07, 6.45) is 5.65. The van der Waals surface area contributed by atoms with Gasteiger partial charge in [-0.05, 0) is 55.0 Å². The fourth-order valence-corrected chi connectivity index (χ4v) is 6.07. The van der Waals surface area contributed by atoms with Crippen LogP contribution in [0.2, 0.25) is 0 Å². The van der Waals surface area contributed by atoms with Crippen molar-refractivity contribution in [3.63, 3.8) is 0 Å². The molecule has 0 saturated carbocycles. The topological polar surface area (TPSA) is 115 Å². The average Bonchev–Trinajstić information content (AvgIpc) is 3.28. The second-order valence-electron chi connectivity index (χ2n) is 8.97. The number of pyridine rings is 3. The van der Waals surface area contributed by atoms with E-state index in [-0.39, 0.29) is 32.6 Å². The number of aromatic nitrogens is 4. The first kappa shape index (κ1) is 24.4. The van der Waals surface area contributed by atoms with Gasteiger partial charge < -0.3 is 5.11 Å². The van der Waals surface area contributed by atoms with Crippen LogP contribution in [-0.4, -0.2) is 38.4 Å². The van der Waals surface area contributed by atoms with E-state index in [0.29, 0.717) is 22.2 Å². The lowest BCUT2D eigenvalue weighted by Crippen LogP contribution is -2.13. The summed E-state index contributed by atoms with van der Waals surface area (Å²) in [6.45, 7) is 1.85. The Morgan fingerprint density at radius 2 is 1.67 bits per heavy atom. The molecule has 0 bridgehead atoms. The number of hydrogen-bond donors (Lipinski definition) is 1. The van der Waals surface area contributed by atoms with Gasteiger partial charge in [-0.25, -0.2) is 26.6 Å². The summed E-state index contributed by atoms with van der Waals surface area (Å²) in [5, 5.41) is 9.98. The van der Waals surface area contributed by atoms with Crippen molar-refractivity contribution in [2.45, 2.75) is 11.8 Å². The number of rotatable bonds is 5. The molecule has 0 atom stereocenters. The maximum Gasteiger partial charge on any atom is 0.335 e. The molecule has 1 N–H and O–H groups in total. The zero-order valence-electron chi connectivity index (χ0n) is 20.4. The van der Waals surface area contributed by atoms with Crippen LogP contribution >= 0.6 is 0 Å². The van der Waals surface area contributed by atoms with Crippen molar-refractivity contribution in [1.29, 1.82) is 0 Å². The summed E-state index contributed by atoms with van der Waals surface area (Å²) in [5.41, 5.74) is 2.86. The Kier molecular flexibility index (Phi) is 5.69. The Hall–Kier alpha value is -4.96. The van der Waals surface area contributed by atoms with E-state index in [9.17, 15) is 18.3 Å². The van der Waals surface area contributed by atoms with Crippen molar-refractivity contribution in [2.75, 3.05) is 0 Å². The number of hydrogen-bond acceptors (Lipinski definition) is 6. The molecule has 6 aromatic rings. The standard InChI is InChI=1S/C29H19FN4O4S/c1-17-4-10-21(11-5-17)39(37,38)34-25-16-32-24(20-3-2-12-31-14-20)13-22(25)27-26(23(30)15-33-28(27)34)18-6-8-19(9-7-18)29(35)36/h2-16H,1H3,(H,35,36). The molecule has 4 aromatic heterocycles. The Labute approximate surface area is 222 Å². The summed E-state index contributed by atoms with van der Waals surface area (Å²) in [7, 11) is -4.17. The second kappa shape index (κ2) is 9.10. The van der Waals surface area contributed by atoms with Gasteiger partial charge in [0.25, 0.3) is 10.0 Å². The molecule has 192 valence electrons.